The summed E-state index contributed by atoms with van der Waals surface area (Å²) in [6.07, 6.45) is 0.718. The Hall–Kier alpha value is -2.78. The predicted octanol–water partition coefficient (Wildman–Crippen LogP) is 5.27. The van der Waals surface area contributed by atoms with Crippen molar-refractivity contribution in [3.05, 3.63) is 47.1 Å². The van der Waals surface area contributed by atoms with Crippen LogP contribution in [0.3, 0.4) is 0 Å². The monoisotopic (exact) mass is 431 g/mol. The number of benzene rings is 1. The van der Waals surface area contributed by atoms with Gasteiger partial charge in [0, 0.05) is 22.5 Å². The third-order valence-electron chi connectivity index (χ3n) is 5.02. The molecule has 150 valence electrons. The van der Waals surface area contributed by atoms with E-state index in [1.807, 2.05) is 13.8 Å². The molecule has 29 heavy (non-hydrogen) atoms. The second-order valence-corrected chi connectivity index (χ2v) is 8.98. The summed E-state index contributed by atoms with van der Waals surface area (Å²) in [7, 11) is 0. The first kappa shape index (κ1) is 19.5. The maximum atomic E-state index is 13.6. The van der Waals surface area contributed by atoms with Crippen molar-refractivity contribution in [1.82, 2.24) is 9.88 Å². The molecule has 4 rings (SSSR count). The van der Waals surface area contributed by atoms with Crippen molar-refractivity contribution >= 4 is 49.9 Å². The fourth-order valence-corrected chi connectivity index (χ4v) is 6.14. The minimum absolute atomic E-state index is 0.224. The number of halogens is 1. The van der Waals surface area contributed by atoms with Crippen molar-refractivity contribution in [2.75, 3.05) is 5.32 Å². The number of carbonyl (C=O) groups excluding carboxylic acids is 1. The summed E-state index contributed by atoms with van der Waals surface area (Å²) in [4.78, 5) is 30.6. The predicted molar refractivity (Wildman–Crippen MR) is 113 cm³/mol. The van der Waals surface area contributed by atoms with Gasteiger partial charge in [0.2, 0.25) is 5.91 Å². The van der Waals surface area contributed by atoms with Gasteiger partial charge in [-0.15, -0.1) is 22.7 Å². The average Bonchev–Trinajstić information content (AvgIpc) is 3.21. The first-order valence-electron chi connectivity index (χ1n) is 8.96. The molecular weight excluding hydrogens is 413 g/mol. The lowest BCUT2D eigenvalue weighted by Crippen LogP contribution is -2.43. The van der Waals surface area contributed by atoms with Crippen LogP contribution in [0.25, 0.3) is 20.8 Å². The number of nitrogens with one attached hydrogen (secondary N) is 1. The van der Waals surface area contributed by atoms with E-state index in [0.717, 1.165) is 20.7 Å². The lowest BCUT2D eigenvalue weighted by Gasteiger charge is -2.36. The second kappa shape index (κ2) is 7.23. The fraction of sp³-hybridized carbons (Fsp3) is 0.250. The lowest BCUT2D eigenvalue weighted by atomic mass is 9.93. The summed E-state index contributed by atoms with van der Waals surface area (Å²) >= 11 is 2.77. The zero-order chi connectivity index (χ0) is 20.9. The van der Waals surface area contributed by atoms with Gasteiger partial charge in [0.1, 0.15) is 15.8 Å². The molecule has 1 aliphatic rings. The van der Waals surface area contributed by atoms with E-state index in [9.17, 15) is 19.1 Å². The van der Waals surface area contributed by atoms with Crippen LogP contribution < -0.4 is 5.32 Å². The third kappa shape index (κ3) is 3.30. The number of rotatable bonds is 3. The van der Waals surface area contributed by atoms with Crippen molar-refractivity contribution in [2.45, 2.75) is 32.4 Å². The van der Waals surface area contributed by atoms with Gasteiger partial charge in [0.25, 0.3) is 0 Å². The largest absolute Gasteiger partial charge is 0.465 e. The average molecular weight is 432 g/mol. The van der Waals surface area contributed by atoms with Crippen LogP contribution in [0, 0.1) is 5.82 Å². The zero-order valence-electron chi connectivity index (χ0n) is 15.7. The minimum Gasteiger partial charge on any atom is -0.465 e. The number of carbonyl (C=O) groups is 2. The topological polar surface area (TPSA) is 82.5 Å². The van der Waals surface area contributed by atoms with Crippen LogP contribution >= 0.6 is 22.7 Å². The molecule has 0 fully saturated rings. The summed E-state index contributed by atoms with van der Waals surface area (Å²) < 4.78 is 14.5. The lowest BCUT2D eigenvalue weighted by molar-refractivity contribution is -0.111. The van der Waals surface area contributed by atoms with Gasteiger partial charge >= 0.3 is 6.09 Å². The van der Waals surface area contributed by atoms with Crippen LogP contribution in [-0.2, 0) is 11.2 Å². The third-order valence-corrected chi connectivity index (χ3v) is 7.39. The molecule has 3 heterocycles. The summed E-state index contributed by atoms with van der Waals surface area (Å²) in [6, 6.07) is 3.88. The van der Waals surface area contributed by atoms with E-state index in [4.69, 9.17) is 0 Å². The maximum absolute atomic E-state index is 13.6. The number of nitrogens with zero attached hydrogens (tertiary/aromatic N) is 2. The van der Waals surface area contributed by atoms with E-state index < -0.39 is 6.09 Å². The molecule has 0 aliphatic carbocycles. The highest BCUT2D eigenvalue weighted by Gasteiger charge is 2.37. The van der Waals surface area contributed by atoms with Crippen LogP contribution in [0.15, 0.2) is 30.9 Å². The summed E-state index contributed by atoms with van der Waals surface area (Å²) in [5.41, 5.74) is 2.31. The number of hydrogen-bond donors (Lipinski definition) is 2. The molecule has 2 amide bonds. The van der Waals surface area contributed by atoms with Crippen molar-refractivity contribution in [1.29, 1.82) is 0 Å². The number of aromatic nitrogens is 1. The van der Waals surface area contributed by atoms with Crippen LogP contribution in [-0.4, -0.2) is 33.0 Å². The van der Waals surface area contributed by atoms with Gasteiger partial charge in [-0.2, -0.15) is 0 Å². The fourth-order valence-electron chi connectivity index (χ4n) is 3.76. The molecule has 9 heteroatoms. The molecule has 2 aromatic heterocycles. The van der Waals surface area contributed by atoms with E-state index in [1.165, 1.54) is 45.8 Å². The highest BCUT2D eigenvalue weighted by molar-refractivity contribution is 7.23. The van der Waals surface area contributed by atoms with E-state index in [-0.39, 0.29) is 23.8 Å². The number of thiophene rings is 1. The van der Waals surface area contributed by atoms with Crippen molar-refractivity contribution < 1.29 is 19.1 Å². The molecule has 2 atom stereocenters. The van der Waals surface area contributed by atoms with Gasteiger partial charge in [-0.1, -0.05) is 6.58 Å². The number of amides is 2. The summed E-state index contributed by atoms with van der Waals surface area (Å²) in [5.74, 6) is -0.714. The molecule has 1 aliphatic heterocycles. The van der Waals surface area contributed by atoms with Gasteiger partial charge in [0.05, 0.1) is 16.3 Å². The Morgan fingerprint density at radius 3 is 2.83 bits per heavy atom. The SMILES string of the molecule is C=CC(=O)Nc1sc2c(c1-c1nc3cc(F)ccc3s1)CC(C)N(C(=O)O)C2C. The van der Waals surface area contributed by atoms with Gasteiger partial charge in [0.15, 0.2) is 0 Å². The van der Waals surface area contributed by atoms with Crippen molar-refractivity contribution in [3.8, 4) is 10.6 Å². The molecular formula is C20H18FN3O3S2. The second-order valence-electron chi connectivity index (χ2n) is 6.89. The molecule has 0 saturated heterocycles. The van der Waals surface area contributed by atoms with Crippen molar-refractivity contribution in [2.24, 2.45) is 0 Å². The van der Waals surface area contributed by atoms with Crippen LogP contribution in [0.4, 0.5) is 14.2 Å². The molecule has 1 aromatic carbocycles. The highest BCUT2D eigenvalue weighted by Crippen LogP contribution is 2.49. The number of hydrogen-bond acceptors (Lipinski definition) is 5. The maximum Gasteiger partial charge on any atom is 0.408 e. The van der Waals surface area contributed by atoms with Crippen LogP contribution in [0.5, 0.6) is 0 Å². The number of carboxylic acid groups (broad SMARTS) is 1. The summed E-state index contributed by atoms with van der Waals surface area (Å²) in [5, 5.41) is 13.7. The van der Waals surface area contributed by atoms with Gasteiger partial charge in [-0.25, -0.2) is 14.2 Å². The first-order valence-corrected chi connectivity index (χ1v) is 10.6. The summed E-state index contributed by atoms with van der Waals surface area (Å²) in [6.45, 7) is 7.21. The Bertz CT molecular complexity index is 1150. The quantitative estimate of drug-likeness (QED) is 0.553. The van der Waals surface area contributed by atoms with Gasteiger partial charge in [-0.3, -0.25) is 9.69 Å². The standard InChI is InChI=1S/C20H18FN3O3S2/c1-4-15(25)23-19-16(18-22-13-8-11(21)5-6-14(13)28-18)12-7-9(2)24(20(26)27)10(3)17(12)29-19/h4-6,8-10H,1,7H2,2-3H3,(H,23,25)(H,26,27). The van der Waals surface area contributed by atoms with E-state index >= 15 is 0 Å². The number of thiazole rings is 1. The van der Waals surface area contributed by atoms with Gasteiger partial charge < -0.3 is 10.4 Å². The molecule has 2 N–H and O–H groups in total. The van der Waals surface area contributed by atoms with Gasteiger partial charge in [-0.05, 0) is 44.0 Å². The van der Waals surface area contributed by atoms with Crippen LogP contribution in [0.1, 0.15) is 30.3 Å². The number of anilines is 1. The molecule has 3 aromatic rings. The molecule has 6 nitrogen and oxygen atoms in total. The highest BCUT2D eigenvalue weighted by atomic mass is 32.1. The molecule has 2 unspecified atom stereocenters. The van der Waals surface area contributed by atoms with E-state index in [2.05, 4.69) is 16.9 Å². The first-order chi connectivity index (χ1) is 13.8. The minimum atomic E-state index is -0.974. The molecule has 0 saturated carbocycles. The smallest absolute Gasteiger partial charge is 0.408 e. The number of fused-ring (bicyclic) bond motifs is 2. The molecule has 0 radical (unpaired) electrons. The Morgan fingerprint density at radius 1 is 1.38 bits per heavy atom. The zero-order valence-corrected chi connectivity index (χ0v) is 17.4. The Balaban J connectivity index is 1.91. The Labute approximate surface area is 174 Å². The molecule has 0 spiro atoms. The van der Waals surface area contributed by atoms with Crippen LogP contribution in [0.2, 0.25) is 0 Å². The van der Waals surface area contributed by atoms with E-state index in [0.29, 0.717) is 21.9 Å². The van der Waals surface area contributed by atoms with Crippen molar-refractivity contribution in [3.63, 3.8) is 0 Å². The normalized spacial score (nSPS) is 18.5. The molecule has 0 bridgehead atoms. The Kier molecular flexibility index (Phi) is 4.87. The Morgan fingerprint density at radius 2 is 2.14 bits per heavy atom. The van der Waals surface area contributed by atoms with E-state index in [1.54, 1.807) is 6.07 Å².